The molecule has 0 aromatic heterocycles. The molecule has 1 atom stereocenters. The van der Waals surface area contributed by atoms with Gasteiger partial charge in [-0.1, -0.05) is 43.7 Å². The standard InChI is InChI=1S/C16H26N4/c1-4-19(5-2)9-10-20-15(12-18-16(20)17)14-8-6-7-13(3)11-14/h6-8,11,15H,4-5,9-10,12H2,1-3H3,(H2,17,18). The number of likely N-dealkylation sites (N-methyl/N-ethyl adjacent to an activating group) is 1. The molecule has 0 radical (unpaired) electrons. The molecule has 1 aliphatic rings. The summed E-state index contributed by atoms with van der Waals surface area (Å²) in [6.45, 7) is 11.4. The highest BCUT2D eigenvalue weighted by Gasteiger charge is 2.27. The van der Waals surface area contributed by atoms with Gasteiger partial charge in [0.1, 0.15) is 0 Å². The Morgan fingerprint density at radius 3 is 2.75 bits per heavy atom. The van der Waals surface area contributed by atoms with Crippen LogP contribution in [0.25, 0.3) is 0 Å². The summed E-state index contributed by atoms with van der Waals surface area (Å²) >= 11 is 0. The average molecular weight is 274 g/mol. The van der Waals surface area contributed by atoms with E-state index in [1.54, 1.807) is 0 Å². The van der Waals surface area contributed by atoms with Crippen molar-refractivity contribution in [2.24, 2.45) is 10.7 Å². The van der Waals surface area contributed by atoms with E-state index in [0.29, 0.717) is 12.0 Å². The number of hydrogen-bond acceptors (Lipinski definition) is 4. The second-order valence-corrected chi connectivity index (χ2v) is 5.35. The number of benzene rings is 1. The zero-order valence-electron chi connectivity index (χ0n) is 12.8. The van der Waals surface area contributed by atoms with Gasteiger partial charge in [-0.3, -0.25) is 4.99 Å². The zero-order valence-corrected chi connectivity index (χ0v) is 12.8. The first-order valence-corrected chi connectivity index (χ1v) is 7.51. The molecule has 4 nitrogen and oxygen atoms in total. The van der Waals surface area contributed by atoms with E-state index in [9.17, 15) is 0 Å². The number of aryl methyl sites for hydroxylation is 1. The number of guanidine groups is 1. The Morgan fingerprint density at radius 1 is 1.35 bits per heavy atom. The average Bonchev–Trinajstić information content (AvgIpc) is 2.81. The van der Waals surface area contributed by atoms with E-state index in [0.717, 1.165) is 32.7 Å². The van der Waals surface area contributed by atoms with Crippen LogP contribution in [0.15, 0.2) is 29.3 Å². The van der Waals surface area contributed by atoms with E-state index in [-0.39, 0.29) is 0 Å². The molecule has 0 amide bonds. The molecule has 1 aromatic carbocycles. The Labute approximate surface area is 122 Å². The predicted molar refractivity (Wildman–Crippen MR) is 84.9 cm³/mol. The van der Waals surface area contributed by atoms with Crippen molar-refractivity contribution in [1.29, 1.82) is 0 Å². The van der Waals surface area contributed by atoms with Gasteiger partial charge in [0.2, 0.25) is 0 Å². The molecule has 1 aromatic rings. The minimum atomic E-state index is 0.297. The van der Waals surface area contributed by atoms with Gasteiger partial charge in [-0.2, -0.15) is 0 Å². The van der Waals surface area contributed by atoms with E-state index in [1.807, 2.05) is 0 Å². The summed E-state index contributed by atoms with van der Waals surface area (Å²) in [5.41, 5.74) is 8.67. The maximum atomic E-state index is 6.07. The van der Waals surface area contributed by atoms with E-state index in [4.69, 9.17) is 5.73 Å². The van der Waals surface area contributed by atoms with Crippen molar-refractivity contribution in [2.75, 3.05) is 32.7 Å². The molecule has 0 saturated carbocycles. The smallest absolute Gasteiger partial charge is 0.191 e. The second-order valence-electron chi connectivity index (χ2n) is 5.35. The van der Waals surface area contributed by atoms with Crippen LogP contribution in [-0.4, -0.2) is 48.5 Å². The van der Waals surface area contributed by atoms with Crippen LogP contribution in [0.5, 0.6) is 0 Å². The summed E-state index contributed by atoms with van der Waals surface area (Å²) in [5.74, 6) is 0.684. The van der Waals surface area contributed by atoms with Crippen LogP contribution in [0.1, 0.15) is 31.0 Å². The summed E-state index contributed by atoms with van der Waals surface area (Å²) < 4.78 is 0. The van der Waals surface area contributed by atoms with E-state index in [1.165, 1.54) is 11.1 Å². The van der Waals surface area contributed by atoms with Crippen LogP contribution in [0, 0.1) is 6.92 Å². The Balaban J connectivity index is 2.06. The van der Waals surface area contributed by atoms with Crippen molar-refractivity contribution in [1.82, 2.24) is 9.80 Å². The number of nitrogens with zero attached hydrogens (tertiary/aromatic N) is 3. The molecule has 0 spiro atoms. The van der Waals surface area contributed by atoms with Crippen molar-refractivity contribution in [3.8, 4) is 0 Å². The van der Waals surface area contributed by atoms with Crippen LogP contribution in [0.3, 0.4) is 0 Å². The van der Waals surface area contributed by atoms with Crippen LogP contribution >= 0.6 is 0 Å². The molecule has 2 N–H and O–H groups in total. The number of nitrogens with two attached hydrogens (primary N) is 1. The molecular weight excluding hydrogens is 248 g/mol. The normalized spacial score (nSPS) is 18.7. The molecule has 2 rings (SSSR count). The Morgan fingerprint density at radius 2 is 2.10 bits per heavy atom. The third-order valence-corrected chi connectivity index (χ3v) is 4.08. The molecule has 0 aliphatic carbocycles. The van der Waals surface area contributed by atoms with Gasteiger partial charge < -0.3 is 15.5 Å². The second kappa shape index (κ2) is 6.75. The number of rotatable bonds is 6. The molecule has 110 valence electrons. The van der Waals surface area contributed by atoms with Gasteiger partial charge in [0.05, 0.1) is 12.6 Å². The highest BCUT2D eigenvalue weighted by molar-refractivity contribution is 5.80. The first-order chi connectivity index (χ1) is 9.65. The lowest BCUT2D eigenvalue weighted by Crippen LogP contribution is -2.41. The third kappa shape index (κ3) is 3.31. The number of aliphatic imine (C=N–C) groups is 1. The molecule has 4 heteroatoms. The van der Waals surface area contributed by atoms with Gasteiger partial charge in [0, 0.05) is 13.1 Å². The lowest BCUT2D eigenvalue weighted by Gasteiger charge is -2.29. The van der Waals surface area contributed by atoms with Crippen LogP contribution in [0.2, 0.25) is 0 Å². The van der Waals surface area contributed by atoms with Crippen LogP contribution < -0.4 is 5.73 Å². The van der Waals surface area contributed by atoms with Gasteiger partial charge in [0.15, 0.2) is 5.96 Å². The Bertz CT molecular complexity index is 465. The SMILES string of the molecule is CCN(CC)CCN1C(N)=NCC1c1cccc(C)c1. The van der Waals surface area contributed by atoms with Gasteiger partial charge in [-0.25, -0.2) is 0 Å². The third-order valence-electron chi connectivity index (χ3n) is 4.08. The monoisotopic (exact) mass is 274 g/mol. The van der Waals surface area contributed by atoms with Gasteiger partial charge >= 0.3 is 0 Å². The zero-order chi connectivity index (χ0) is 14.5. The van der Waals surface area contributed by atoms with Gasteiger partial charge in [-0.15, -0.1) is 0 Å². The fourth-order valence-electron chi connectivity index (χ4n) is 2.75. The molecule has 1 heterocycles. The molecular formula is C16H26N4. The fraction of sp³-hybridized carbons (Fsp3) is 0.562. The van der Waals surface area contributed by atoms with E-state index < -0.39 is 0 Å². The van der Waals surface area contributed by atoms with Crippen LogP contribution in [0.4, 0.5) is 0 Å². The lowest BCUT2D eigenvalue weighted by atomic mass is 10.0. The van der Waals surface area contributed by atoms with Crippen molar-refractivity contribution in [3.63, 3.8) is 0 Å². The minimum absolute atomic E-state index is 0.297. The van der Waals surface area contributed by atoms with Crippen molar-refractivity contribution < 1.29 is 0 Å². The fourth-order valence-corrected chi connectivity index (χ4v) is 2.75. The highest BCUT2D eigenvalue weighted by Crippen LogP contribution is 2.25. The summed E-state index contributed by atoms with van der Waals surface area (Å²) in [5, 5.41) is 0. The molecule has 0 fully saturated rings. The molecule has 0 saturated heterocycles. The first kappa shape index (κ1) is 14.9. The summed E-state index contributed by atoms with van der Waals surface area (Å²) in [4.78, 5) is 9.10. The van der Waals surface area contributed by atoms with Crippen molar-refractivity contribution in [3.05, 3.63) is 35.4 Å². The van der Waals surface area contributed by atoms with Crippen molar-refractivity contribution >= 4 is 5.96 Å². The van der Waals surface area contributed by atoms with E-state index >= 15 is 0 Å². The Hall–Kier alpha value is -1.55. The predicted octanol–water partition coefficient (Wildman–Crippen LogP) is 2.01. The first-order valence-electron chi connectivity index (χ1n) is 7.51. The minimum Gasteiger partial charge on any atom is -0.370 e. The lowest BCUT2D eigenvalue weighted by molar-refractivity contribution is 0.248. The molecule has 20 heavy (non-hydrogen) atoms. The molecule has 1 unspecified atom stereocenters. The Kier molecular flexibility index (Phi) is 5.01. The maximum absolute atomic E-state index is 6.07. The quantitative estimate of drug-likeness (QED) is 0.863. The largest absolute Gasteiger partial charge is 0.370 e. The molecule has 0 bridgehead atoms. The molecule has 1 aliphatic heterocycles. The van der Waals surface area contributed by atoms with E-state index in [2.05, 4.69) is 59.8 Å². The summed E-state index contributed by atoms with van der Waals surface area (Å²) in [7, 11) is 0. The highest BCUT2D eigenvalue weighted by atomic mass is 15.3. The van der Waals surface area contributed by atoms with Gasteiger partial charge in [-0.05, 0) is 25.6 Å². The topological polar surface area (TPSA) is 44.9 Å². The summed E-state index contributed by atoms with van der Waals surface area (Å²) in [6.07, 6.45) is 0. The van der Waals surface area contributed by atoms with Crippen molar-refractivity contribution in [2.45, 2.75) is 26.8 Å². The maximum Gasteiger partial charge on any atom is 0.191 e. The number of hydrogen-bond donors (Lipinski definition) is 1. The summed E-state index contributed by atoms with van der Waals surface area (Å²) in [6, 6.07) is 8.95. The van der Waals surface area contributed by atoms with Crippen LogP contribution in [-0.2, 0) is 0 Å². The van der Waals surface area contributed by atoms with Gasteiger partial charge in [0.25, 0.3) is 0 Å².